The van der Waals surface area contributed by atoms with Gasteiger partial charge in [0.2, 0.25) is 0 Å². The molecule has 0 radical (unpaired) electrons. The standard InChI is InChI=1S/C29H54N2O/c1-28-17-15-27-25(26(28)13-11-22(28)9-7-18-30(3)4)12-10-23-21-24(14-16-29(23,27)2)32-20-8-19-31(5)6/h22-27H,7-21H2,1-6H3. The van der Waals surface area contributed by atoms with E-state index in [0.29, 0.717) is 16.9 Å². The Labute approximate surface area is 200 Å². The van der Waals surface area contributed by atoms with Crippen LogP contribution in [0.1, 0.15) is 90.9 Å². The van der Waals surface area contributed by atoms with Gasteiger partial charge in [-0.2, -0.15) is 0 Å². The predicted octanol–water partition coefficient (Wildman–Crippen LogP) is 6.32. The summed E-state index contributed by atoms with van der Waals surface area (Å²) in [6.07, 6.45) is 17.7. The summed E-state index contributed by atoms with van der Waals surface area (Å²) < 4.78 is 6.39. The Morgan fingerprint density at radius 3 is 2.19 bits per heavy atom. The molecule has 0 amide bonds. The average molecular weight is 447 g/mol. The van der Waals surface area contributed by atoms with E-state index in [1.54, 1.807) is 0 Å². The number of hydrogen-bond donors (Lipinski definition) is 0. The lowest BCUT2D eigenvalue weighted by molar-refractivity contribution is -0.135. The molecule has 0 spiro atoms. The van der Waals surface area contributed by atoms with Crippen molar-refractivity contribution in [3.63, 3.8) is 0 Å². The third-order valence-corrected chi connectivity index (χ3v) is 11.1. The minimum absolute atomic E-state index is 0.535. The van der Waals surface area contributed by atoms with Gasteiger partial charge in [0, 0.05) is 6.61 Å². The summed E-state index contributed by atoms with van der Waals surface area (Å²) in [7, 11) is 8.78. The van der Waals surface area contributed by atoms with Gasteiger partial charge in [-0.15, -0.1) is 0 Å². The lowest BCUT2D eigenvalue weighted by Gasteiger charge is -2.61. The zero-order chi connectivity index (χ0) is 22.9. The average Bonchev–Trinajstić information content (AvgIpc) is 3.07. The maximum Gasteiger partial charge on any atom is 0.0578 e. The van der Waals surface area contributed by atoms with E-state index >= 15 is 0 Å². The van der Waals surface area contributed by atoms with E-state index in [-0.39, 0.29) is 0 Å². The van der Waals surface area contributed by atoms with Crippen LogP contribution in [0.15, 0.2) is 0 Å². The molecule has 8 atom stereocenters. The maximum atomic E-state index is 6.39. The number of hydrogen-bond acceptors (Lipinski definition) is 3. The summed E-state index contributed by atoms with van der Waals surface area (Å²) in [5, 5.41) is 0. The highest BCUT2D eigenvalue weighted by atomic mass is 16.5. The van der Waals surface area contributed by atoms with Gasteiger partial charge in [0.25, 0.3) is 0 Å². The van der Waals surface area contributed by atoms with Crippen molar-refractivity contribution < 1.29 is 4.74 Å². The first kappa shape index (κ1) is 25.0. The second kappa shape index (κ2) is 10.2. The van der Waals surface area contributed by atoms with E-state index in [2.05, 4.69) is 51.8 Å². The van der Waals surface area contributed by atoms with E-state index in [0.717, 1.165) is 42.7 Å². The molecule has 3 nitrogen and oxygen atoms in total. The molecule has 0 saturated heterocycles. The Balaban J connectivity index is 1.34. The van der Waals surface area contributed by atoms with E-state index < -0.39 is 0 Å². The lowest BCUT2D eigenvalue weighted by atomic mass is 9.44. The van der Waals surface area contributed by atoms with Gasteiger partial charge in [0.05, 0.1) is 6.10 Å². The minimum atomic E-state index is 0.535. The van der Waals surface area contributed by atoms with Crippen molar-refractivity contribution >= 4 is 0 Å². The van der Waals surface area contributed by atoms with Gasteiger partial charge >= 0.3 is 0 Å². The molecule has 0 heterocycles. The third kappa shape index (κ3) is 4.96. The van der Waals surface area contributed by atoms with Crippen LogP contribution in [0.5, 0.6) is 0 Å². The lowest BCUT2D eigenvalue weighted by Crippen LogP contribution is -2.54. The first-order valence-corrected chi connectivity index (χ1v) is 14.1. The Morgan fingerprint density at radius 2 is 1.44 bits per heavy atom. The van der Waals surface area contributed by atoms with Gasteiger partial charge in [0.1, 0.15) is 0 Å². The highest BCUT2D eigenvalue weighted by Gasteiger charge is 2.59. The Hall–Kier alpha value is -0.120. The minimum Gasteiger partial charge on any atom is -0.378 e. The second-order valence-corrected chi connectivity index (χ2v) is 13.3. The van der Waals surface area contributed by atoms with Crippen molar-refractivity contribution in [1.29, 1.82) is 0 Å². The fourth-order valence-corrected chi connectivity index (χ4v) is 9.24. The maximum absolute atomic E-state index is 6.39. The molecule has 0 aromatic rings. The van der Waals surface area contributed by atoms with Crippen molar-refractivity contribution in [3.8, 4) is 0 Å². The van der Waals surface area contributed by atoms with Crippen molar-refractivity contribution in [2.45, 2.75) is 97.0 Å². The van der Waals surface area contributed by atoms with Crippen molar-refractivity contribution in [1.82, 2.24) is 9.80 Å². The molecule has 0 aromatic heterocycles. The summed E-state index contributed by atoms with van der Waals surface area (Å²) in [6, 6.07) is 0. The summed E-state index contributed by atoms with van der Waals surface area (Å²) in [5.41, 5.74) is 1.24. The molecule has 4 rings (SSSR count). The van der Waals surface area contributed by atoms with Crippen molar-refractivity contribution in [3.05, 3.63) is 0 Å². The van der Waals surface area contributed by atoms with Gasteiger partial charge < -0.3 is 14.5 Å². The Bertz CT molecular complexity index is 606. The van der Waals surface area contributed by atoms with Crippen LogP contribution >= 0.6 is 0 Å². The van der Waals surface area contributed by atoms with Crippen LogP contribution < -0.4 is 0 Å². The van der Waals surface area contributed by atoms with Crippen LogP contribution in [0.25, 0.3) is 0 Å². The zero-order valence-corrected chi connectivity index (χ0v) is 22.4. The van der Waals surface area contributed by atoms with Gasteiger partial charge in [-0.25, -0.2) is 0 Å². The Kier molecular flexibility index (Phi) is 8.00. The molecule has 4 aliphatic rings. The van der Waals surface area contributed by atoms with Crippen molar-refractivity contribution in [2.24, 2.45) is 40.4 Å². The molecular formula is C29H54N2O. The molecule has 4 fully saturated rings. The smallest absolute Gasteiger partial charge is 0.0578 e. The predicted molar refractivity (Wildman–Crippen MR) is 136 cm³/mol. The highest BCUT2D eigenvalue weighted by molar-refractivity contribution is 5.09. The SMILES string of the molecule is CN(C)CCCOC1CCC2(C)C(CCC3C4CCC(CCCN(C)C)C4(C)CCC32)C1. The molecule has 8 unspecified atom stereocenters. The van der Waals surface area contributed by atoms with Crippen LogP contribution in [-0.4, -0.2) is 63.8 Å². The van der Waals surface area contributed by atoms with E-state index in [9.17, 15) is 0 Å². The topological polar surface area (TPSA) is 15.7 Å². The second-order valence-electron chi connectivity index (χ2n) is 13.3. The van der Waals surface area contributed by atoms with Gasteiger partial charge in [0.15, 0.2) is 0 Å². The third-order valence-electron chi connectivity index (χ3n) is 11.1. The monoisotopic (exact) mass is 446 g/mol. The van der Waals surface area contributed by atoms with Crippen molar-refractivity contribution in [2.75, 3.05) is 47.9 Å². The van der Waals surface area contributed by atoms with Crippen LogP contribution in [0, 0.1) is 40.4 Å². The van der Waals surface area contributed by atoms with E-state index in [1.165, 1.54) is 83.6 Å². The quantitative estimate of drug-likeness (QED) is 0.385. The van der Waals surface area contributed by atoms with E-state index in [1.807, 2.05) is 0 Å². The summed E-state index contributed by atoms with van der Waals surface area (Å²) >= 11 is 0. The zero-order valence-electron chi connectivity index (χ0n) is 22.4. The molecule has 0 bridgehead atoms. The van der Waals surface area contributed by atoms with E-state index in [4.69, 9.17) is 4.74 Å². The molecule has 0 aromatic carbocycles. The Morgan fingerprint density at radius 1 is 0.750 bits per heavy atom. The molecule has 0 aliphatic heterocycles. The number of nitrogens with zero attached hydrogens (tertiary/aromatic N) is 2. The molecule has 32 heavy (non-hydrogen) atoms. The van der Waals surface area contributed by atoms with Gasteiger partial charge in [-0.1, -0.05) is 13.8 Å². The fourth-order valence-electron chi connectivity index (χ4n) is 9.24. The van der Waals surface area contributed by atoms with Crippen LogP contribution in [0.3, 0.4) is 0 Å². The molecule has 186 valence electrons. The molecule has 0 N–H and O–H groups in total. The molecule has 4 aliphatic carbocycles. The summed E-state index contributed by atoms with van der Waals surface area (Å²) in [4.78, 5) is 4.64. The molecule has 3 heteroatoms. The normalized spacial score (nSPS) is 43.9. The summed E-state index contributed by atoms with van der Waals surface area (Å²) in [6.45, 7) is 8.79. The van der Waals surface area contributed by atoms with Crippen LogP contribution in [-0.2, 0) is 4.74 Å². The van der Waals surface area contributed by atoms with Crippen LogP contribution in [0.2, 0.25) is 0 Å². The summed E-state index contributed by atoms with van der Waals surface area (Å²) in [5.74, 6) is 4.94. The largest absolute Gasteiger partial charge is 0.378 e. The van der Waals surface area contributed by atoms with Gasteiger partial charge in [-0.05, 0) is 159 Å². The van der Waals surface area contributed by atoms with Gasteiger partial charge in [-0.3, -0.25) is 0 Å². The fraction of sp³-hybridized carbons (Fsp3) is 1.00. The van der Waals surface area contributed by atoms with Crippen LogP contribution in [0.4, 0.5) is 0 Å². The molecular weight excluding hydrogens is 392 g/mol. The number of ether oxygens (including phenoxy) is 1. The highest BCUT2D eigenvalue weighted by Crippen LogP contribution is 2.68. The molecule has 4 saturated carbocycles. The number of fused-ring (bicyclic) bond motifs is 5. The first-order valence-electron chi connectivity index (χ1n) is 14.1. The first-order chi connectivity index (χ1) is 15.2. The number of rotatable bonds is 9.